The van der Waals surface area contributed by atoms with Crippen LogP contribution in [0.2, 0.25) is 5.02 Å². The minimum Gasteiger partial charge on any atom is -0.345 e. The van der Waals surface area contributed by atoms with Gasteiger partial charge >= 0.3 is 0 Å². The summed E-state index contributed by atoms with van der Waals surface area (Å²) in [6, 6.07) is 12.2. The van der Waals surface area contributed by atoms with E-state index >= 15 is 0 Å². The Bertz CT molecular complexity index is 904. The quantitative estimate of drug-likeness (QED) is 0.410. The van der Waals surface area contributed by atoms with Gasteiger partial charge in [-0.3, -0.25) is 9.59 Å². The lowest BCUT2D eigenvalue weighted by Crippen LogP contribution is -2.47. The molecule has 1 aliphatic rings. The molecule has 0 bridgehead atoms. The van der Waals surface area contributed by atoms with Crippen LogP contribution in [0.5, 0.6) is 0 Å². The zero-order chi connectivity index (χ0) is 23.6. The van der Waals surface area contributed by atoms with Gasteiger partial charge in [-0.2, -0.15) is 0 Å². The molecule has 2 amide bonds. The number of nitrogens with zero attached hydrogens (tertiary/aromatic N) is 3. The molecule has 0 radical (unpaired) electrons. The summed E-state index contributed by atoms with van der Waals surface area (Å²) in [5.74, 6) is 0.118. The molecule has 0 N–H and O–H groups in total. The van der Waals surface area contributed by atoms with Gasteiger partial charge in [-0.25, -0.2) is 0 Å². The molecule has 3 rings (SSSR count). The summed E-state index contributed by atoms with van der Waals surface area (Å²) >= 11 is 6.40. The highest BCUT2D eigenvalue weighted by molar-refractivity contribution is 6.31. The van der Waals surface area contributed by atoms with Crippen molar-refractivity contribution in [2.75, 3.05) is 13.1 Å². The van der Waals surface area contributed by atoms with Crippen LogP contribution in [0.1, 0.15) is 76.5 Å². The monoisotopic (exact) mass is 471 g/mol. The topological polar surface area (TPSA) is 45.6 Å². The average molecular weight is 472 g/mol. The van der Waals surface area contributed by atoms with Gasteiger partial charge in [-0.05, 0) is 43.0 Å². The first-order valence-electron chi connectivity index (χ1n) is 12.5. The van der Waals surface area contributed by atoms with Crippen LogP contribution in [0.3, 0.4) is 0 Å². The third-order valence-corrected chi connectivity index (χ3v) is 7.02. The van der Waals surface area contributed by atoms with Crippen LogP contribution in [-0.2, 0) is 22.7 Å². The van der Waals surface area contributed by atoms with E-state index in [1.54, 1.807) is 4.90 Å². The first kappa shape index (κ1) is 25.4. The largest absolute Gasteiger partial charge is 0.345 e. The first-order chi connectivity index (χ1) is 16.0. The summed E-state index contributed by atoms with van der Waals surface area (Å²) in [5.41, 5.74) is 2.15. The van der Waals surface area contributed by atoms with Crippen molar-refractivity contribution in [1.29, 1.82) is 0 Å². The van der Waals surface area contributed by atoms with Crippen molar-refractivity contribution < 1.29 is 9.59 Å². The maximum atomic E-state index is 13.6. The molecule has 1 heterocycles. The molecule has 0 unspecified atom stereocenters. The van der Waals surface area contributed by atoms with E-state index in [1.807, 2.05) is 42.2 Å². The molecule has 0 saturated heterocycles. The molecule has 180 valence electrons. The smallest absolute Gasteiger partial charge is 0.242 e. The van der Waals surface area contributed by atoms with Crippen LogP contribution in [0, 0.1) is 0 Å². The molecule has 1 aromatic heterocycles. The number of halogens is 1. The van der Waals surface area contributed by atoms with Crippen molar-refractivity contribution >= 4 is 23.4 Å². The predicted octanol–water partition coefficient (Wildman–Crippen LogP) is 5.89. The van der Waals surface area contributed by atoms with E-state index in [4.69, 9.17) is 11.6 Å². The van der Waals surface area contributed by atoms with Crippen LogP contribution in [-0.4, -0.2) is 45.3 Å². The fraction of sp³-hybridized carbons (Fsp3) is 0.556. The van der Waals surface area contributed by atoms with Crippen LogP contribution in [0.25, 0.3) is 0 Å². The molecular weight excluding hydrogens is 434 g/mol. The molecule has 1 aliphatic carbocycles. The number of rotatable bonds is 11. The van der Waals surface area contributed by atoms with Crippen molar-refractivity contribution in [2.24, 2.45) is 0 Å². The summed E-state index contributed by atoms with van der Waals surface area (Å²) in [4.78, 5) is 29.9. The van der Waals surface area contributed by atoms with E-state index in [0.717, 1.165) is 54.8 Å². The number of carbonyl (C=O) groups is 2. The standard InChI is InChI=1S/C27H38ClN3O2/c1-3-5-17-30(26(32)4-2)21-27(33)31(23-13-7-6-8-14-23)20-24-15-11-18-29(24)19-22-12-9-10-16-25(22)28/h9-12,15-16,18,23H,3-8,13-14,17,19-21H2,1-2H3. The van der Waals surface area contributed by atoms with E-state index < -0.39 is 0 Å². The summed E-state index contributed by atoms with van der Waals surface area (Å²) in [6.45, 7) is 6.03. The molecule has 1 saturated carbocycles. The molecule has 0 aliphatic heterocycles. The number of amides is 2. The second kappa shape index (κ2) is 12.8. The van der Waals surface area contributed by atoms with Gasteiger partial charge in [-0.1, -0.05) is 69.3 Å². The third kappa shape index (κ3) is 7.10. The van der Waals surface area contributed by atoms with E-state index in [9.17, 15) is 9.59 Å². The highest BCUT2D eigenvalue weighted by Crippen LogP contribution is 2.25. The van der Waals surface area contributed by atoms with Gasteiger partial charge in [0.1, 0.15) is 0 Å². The zero-order valence-electron chi connectivity index (χ0n) is 20.1. The van der Waals surface area contributed by atoms with Gasteiger partial charge in [0.2, 0.25) is 11.8 Å². The van der Waals surface area contributed by atoms with Crippen LogP contribution in [0.15, 0.2) is 42.6 Å². The van der Waals surface area contributed by atoms with Gasteiger partial charge in [-0.15, -0.1) is 0 Å². The van der Waals surface area contributed by atoms with Gasteiger partial charge < -0.3 is 14.4 Å². The van der Waals surface area contributed by atoms with E-state index in [1.165, 1.54) is 6.42 Å². The number of hydrogen-bond donors (Lipinski definition) is 0. The minimum atomic E-state index is 0.0579. The second-order valence-electron chi connectivity index (χ2n) is 9.05. The van der Waals surface area contributed by atoms with E-state index in [0.29, 0.717) is 26.1 Å². The van der Waals surface area contributed by atoms with Crippen molar-refractivity contribution in [2.45, 2.75) is 84.3 Å². The SMILES string of the molecule is CCCCN(CC(=O)N(Cc1cccn1Cc1ccccc1Cl)C1CCCCC1)C(=O)CC. The van der Waals surface area contributed by atoms with Crippen LogP contribution in [0.4, 0.5) is 0 Å². The van der Waals surface area contributed by atoms with Gasteiger partial charge in [0.25, 0.3) is 0 Å². The molecule has 1 fully saturated rings. The van der Waals surface area contributed by atoms with Crippen LogP contribution < -0.4 is 0 Å². The first-order valence-corrected chi connectivity index (χ1v) is 12.9. The van der Waals surface area contributed by atoms with Gasteiger partial charge in [0, 0.05) is 42.5 Å². The number of carbonyl (C=O) groups excluding carboxylic acids is 2. The Morgan fingerprint density at radius 3 is 2.48 bits per heavy atom. The molecule has 1 aromatic carbocycles. The fourth-order valence-corrected chi connectivity index (χ4v) is 4.86. The second-order valence-corrected chi connectivity index (χ2v) is 9.46. The Labute approximate surface area is 203 Å². The van der Waals surface area contributed by atoms with E-state index in [2.05, 4.69) is 23.8 Å². The number of benzene rings is 1. The Kier molecular flexibility index (Phi) is 9.86. The average Bonchev–Trinajstić information content (AvgIpc) is 3.28. The number of unbranched alkanes of at least 4 members (excludes halogenated alkanes) is 1. The Hall–Kier alpha value is -2.27. The normalized spacial score (nSPS) is 14.3. The van der Waals surface area contributed by atoms with Crippen molar-refractivity contribution in [1.82, 2.24) is 14.4 Å². The number of aromatic nitrogens is 1. The Balaban J connectivity index is 1.79. The molecule has 0 spiro atoms. The fourth-order valence-electron chi connectivity index (χ4n) is 4.66. The maximum Gasteiger partial charge on any atom is 0.242 e. The zero-order valence-corrected chi connectivity index (χ0v) is 20.9. The van der Waals surface area contributed by atoms with E-state index in [-0.39, 0.29) is 24.4 Å². The minimum absolute atomic E-state index is 0.0579. The lowest BCUT2D eigenvalue weighted by Gasteiger charge is -2.36. The molecule has 33 heavy (non-hydrogen) atoms. The number of hydrogen-bond acceptors (Lipinski definition) is 2. The molecular formula is C27H38ClN3O2. The molecule has 2 aromatic rings. The third-order valence-electron chi connectivity index (χ3n) is 6.65. The van der Waals surface area contributed by atoms with Crippen molar-refractivity contribution in [3.63, 3.8) is 0 Å². The predicted molar refractivity (Wildman–Crippen MR) is 134 cm³/mol. The van der Waals surface area contributed by atoms with Crippen molar-refractivity contribution in [3.05, 3.63) is 58.9 Å². The van der Waals surface area contributed by atoms with Crippen molar-refractivity contribution in [3.8, 4) is 0 Å². The molecule has 6 heteroatoms. The van der Waals surface area contributed by atoms with Gasteiger partial charge in [0.05, 0.1) is 13.1 Å². The lowest BCUT2D eigenvalue weighted by molar-refractivity contribution is -0.142. The van der Waals surface area contributed by atoms with Crippen LogP contribution >= 0.6 is 11.6 Å². The summed E-state index contributed by atoms with van der Waals surface area (Å²) < 4.78 is 2.18. The lowest BCUT2D eigenvalue weighted by atomic mass is 9.94. The highest BCUT2D eigenvalue weighted by Gasteiger charge is 2.28. The maximum absolute atomic E-state index is 13.6. The summed E-state index contributed by atoms with van der Waals surface area (Å²) in [5, 5.41) is 0.752. The Morgan fingerprint density at radius 1 is 1.03 bits per heavy atom. The Morgan fingerprint density at radius 2 is 1.79 bits per heavy atom. The summed E-state index contributed by atoms with van der Waals surface area (Å²) in [7, 11) is 0. The molecule has 5 nitrogen and oxygen atoms in total. The summed E-state index contributed by atoms with van der Waals surface area (Å²) in [6.07, 6.45) is 10.0. The van der Waals surface area contributed by atoms with Gasteiger partial charge in [0.15, 0.2) is 0 Å². The highest BCUT2D eigenvalue weighted by atomic mass is 35.5. The molecule has 0 atom stereocenters.